The average molecular weight is 580 g/mol. The van der Waals surface area contributed by atoms with E-state index in [0.717, 1.165) is 39.1 Å². The number of aliphatic hydroxyl groups excluding tert-OH is 1. The van der Waals surface area contributed by atoms with Gasteiger partial charge in [-0.2, -0.15) is 4.68 Å². The zero-order chi connectivity index (χ0) is 28.9. The number of rotatable bonds is 9. The number of benzene rings is 4. The molecule has 0 spiro atoms. The summed E-state index contributed by atoms with van der Waals surface area (Å²) in [6.45, 7) is 2.63. The number of tetrazole rings is 1. The number of aliphatic hydroxyl groups is 1. The largest absolute Gasteiger partial charge is 0.392 e. The van der Waals surface area contributed by atoms with Gasteiger partial charge in [-0.1, -0.05) is 110 Å². The summed E-state index contributed by atoms with van der Waals surface area (Å²) in [4.78, 5) is 0. The summed E-state index contributed by atoms with van der Waals surface area (Å²) >= 11 is 1.56. The van der Waals surface area contributed by atoms with Crippen LogP contribution in [0, 0.1) is 5.92 Å². The van der Waals surface area contributed by atoms with Crippen LogP contribution in [0.25, 0.3) is 16.8 Å². The van der Waals surface area contributed by atoms with Crippen molar-refractivity contribution in [3.8, 4) is 16.8 Å². The molecule has 0 amide bonds. The van der Waals surface area contributed by atoms with Crippen LogP contribution in [0.2, 0.25) is 0 Å². The number of aromatic nitrogens is 4. The standard InChI is InChI=1S/C33H33N5O3S/c1-22-30(21-42-33-35-36-37-38(33)28-8-3-2-4-9-28)40-32(41-31(22)25-13-11-23(20-39)12-14-25)26-17-15-24(16-18-26)29-10-6-5-7-27(29)19-34/h2-18,22,30-32,39H,19-21,34H2,1H3/t22-,30+,31+,32+/m0/s1. The van der Waals surface area contributed by atoms with Crippen LogP contribution in [-0.2, 0) is 22.6 Å². The van der Waals surface area contributed by atoms with E-state index in [1.165, 1.54) is 0 Å². The van der Waals surface area contributed by atoms with Gasteiger partial charge in [0.05, 0.1) is 24.5 Å². The van der Waals surface area contributed by atoms with Gasteiger partial charge in [0.25, 0.3) is 0 Å². The molecule has 8 nitrogen and oxygen atoms in total. The first kappa shape index (κ1) is 28.3. The summed E-state index contributed by atoms with van der Waals surface area (Å²) < 4.78 is 15.0. The van der Waals surface area contributed by atoms with E-state index in [9.17, 15) is 5.11 Å². The predicted octanol–water partition coefficient (Wildman–Crippen LogP) is 5.86. The van der Waals surface area contributed by atoms with Crippen molar-refractivity contribution in [3.05, 3.63) is 125 Å². The van der Waals surface area contributed by atoms with Crippen LogP contribution in [0.1, 0.15) is 41.6 Å². The summed E-state index contributed by atoms with van der Waals surface area (Å²) in [5.41, 5.74) is 13.1. The Labute approximate surface area is 249 Å². The Morgan fingerprint density at radius 2 is 1.57 bits per heavy atom. The van der Waals surface area contributed by atoms with Gasteiger partial charge in [-0.3, -0.25) is 0 Å². The van der Waals surface area contributed by atoms with Crippen molar-refractivity contribution >= 4 is 11.8 Å². The monoisotopic (exact) mass is 579 g/mol. The molecule has 4 atom stereocenters. The van der Waals surface area contributed by atoms with Gasteiger partial charge in [0.1, 0.15) is 0 Å². The third-order valence-corrected chi connectivity index (χ3v) is 8.68. The molecule has 1 aliphatic heterocycles. The number of hydrogen-bond acceptors (Lipinski definition) is 8. The lowest BCUT2D eigenvalue weighted by atomic mass is 9.91. The second kappa shape index (κ2) is 13.0. The molecular weight excluding hydrogens is 546 g/mol. The Bertz CT molecular complexity index is 1590. The zero-order valence-corrected chi connectivity index (χ0v) is 24.1. The number of thioether (sulfide) groups is 1. The van der Waals surface area contributed by atoms with E-state index in [-0.39, 0.29) is 24.7 Å². The van der Waals surface area contributed by atoms with E-state index in [1.54, 1.807) is 16.4 Å². The number of hydrogen-bond donors (Lipinski definition) is 2. The van der Waals surface area contributed by atoms with E-state index in [0.29, 0.717) is 17.5 Å². The minimum absolute atomic E-state index is 0.00211. The highest BCUT2D eigenvalue weighted by Crippen LogP contribution is 2.43. The lowest BCUT2D eigenvalue weighted by Gasteiger charge is -2.41. The summed E-state index contributed by atoms with van der Waals surface area (Å²) in [5.74, 6) is 0.687. The molecule has 0 unspecified atom stereocenters. The molecule has 1 aromatic heterocycles. The van der Waals surface area contributed by atoms with Gasteiger partial charge in [0, 0.05) is 23.8 Å². The van der Waals surface area contributed by atoms with Crippen LogP contribution >= 0.6 is 11.8 Å². The van der Waals surface area contributed by atoms with E-state index >= 15 is 0 Å². The van der Waals surface area contributed by atoms with Gasteiger partial charge >= 0.3 is 0 Å². The Morgan fingerprint density at radius 1 is 0.857 bits per heavy atom. The lowest BCUT2D eigenvalue weighted by Crippen LogP contribution is -2.38. The molecule has 1 aliphatic rings. The van der Waals surface area contributed by atoms with Crippen LogP contribution in [0.5, 0.6) is 0 Å². The Hall–Kier alpha value is -3.86. The molecular formula is C33H33N5O3S. The van der Waals surface area contributed by atoms with Gasteiger partial charge in [-0.25, -0.2) is 0 Å². The first-order valence-corrected chi connectivity index (χ1v) is 15.0. The number of para-hydroxylation sites is 1. The maximum Gasteiger partial charge on any atom is 0.214 e. The minimum Gasteiger partial charge on any atom is -0.392 e. The summed E-state index contributed by atoms with van der Waals surface area (Å²) in [6, 6.07) is 34.3. The molecule has 0 radical (unpaired) electrons. The maximum absolute atomic E-state index is 9.55. The molecule has 1 fully saturated rings. The van der Waals surface area contributed by atoms with Crippen molar-refractivity contribution < 1.29 is 14.6 Å². The molecule has 0 bridgehead atoms. The summed E-state index contributed by atoms with van der Waals surface area (Å²) in [7, 11) is 0. The highest BCUT2D eigenvalue weighted by atomic mass is 32.2. The molecule has 42 heavy (non-hydrogen) atoms. The average Bonchev–Trinajstić information content (AvgIpc) is 3.53. The molecule has 0 aliphatic carbocycles. The van der Waals surface area contributed by atoms with Gasteiger partial charge in [-0.15, -0.1) is 5.10 Å². The van der Waals surface area contributed by atoms with Crippen molar-refractivity contribution in [1.82, 2.24) is 20.2 Å². The van der Waals surface area contributed by atoms with E-state index in [4.69, 9.17) is 15.2 Å². The maximum atomic E-state index is 9.55. The molecule has 2 heterocycles. The summed E-state index contributed by atoms with van der Waals surface area (Å²) in [6.07, 6.45) is -0.905. The number of nitrogens with zero attached hydrogens (tertiary/aromatic N) is 4. The smallest absolute Gasteiger partial charge is 0.214 e. The highest BCUT2D eigenvalue weighted by Gasteiger charge is 2.38. The fourth-order valence-electron chi connectivity index (χ4n) is 5.27. The zero-order valence-electron chi connectivity index (χ0n) is 23.3. The number of ether oxygens (including phenoxy) is 2. The molecule has 9 heteroatoms. The van der Waals surface area contributed by atoms with Crippen LogP contribution in [0.4, 0.5) is 0 Å². The quantitative estimate of drug-likeness (QED) is 0.209. The lowest BCUT2D eigenvalue weighted by molar-refractivity contribution is -0.268. The van der Waals surface area contributed by atoms with E-state index < -0.39 is 6.29 Å². The highest BCUT2D eigenvalue weighted by molar-refractivity contribution is 7.99. The SMILES string of the molecule is C[C@H]1[C@@H](CSc2nnnn2-c2ccccc2)O[C@@H](c2ccc(-c3ccccc3CN)cc2)O[C@H]1c1ccc(CO)cc1. The molecule has 4 aromatic carbocycles. The third kappa shape index (κ3) is 6.01. The molecule has 3 N–H and O–H groups in total. The van der Waals surface area contributed by atoms with Crippen LogP contribution in [0.15, 0.2) is 108 Å². The van der Waals surface area contributed by atoms with Gasteiger partial charge in [0.2, 0.25) is 5.16 Å². The molecule has 1 saturated heterocycles. The fourth-order valence-corrected chi connectivity index (χ4v) is 6.32. The van der Waals surface area contributed by atoms with Crippen LogP contribution in [0.3, 0.4) is 0 Å². The second-order valence-electron chi connectivity index (χ2n) is 10.3. The fraction of sp³-hybridized carbons (Fsp3) is 0.242. The van der Waals surface area contributed by atoms with Gasteiger partial charge in [0.15, 0.2) is 6.29 Å². The van der Waals surface area contributed by atoms with Crippen LogP contribution in [-0.4, -0.2) is 37.2 Å². The van der Waals surface area contributed by atoms with Crippen molar-refractivity contribution in [2.75, 3.05) is 5.75 Å². The molecule has 214 valence electrons. The first-order chi connectivity index (χ1) is 20.6. The Balaban J connectivity index is 1.26. The Morgan fingerprint density at radius 3 is 2.31 bits per heavy atom. The van der Waals surface area contributed by atoms with Crippen molar-refractivity contribution in [3.63, 3.8) is 0 Å². The van der Waals surface area contributed by atoms with Crippen LogP contribution < -0.4 is 5.73 Å². The van der Waals surface area contributed by atoms with Crippen molar-refractivity contribution in [1.29, 1.82) is 0 Å². The molecule has 0 saturated carbocycles. The minimum atomic E-state index is -0.557. The van der Waals surface area contributed by atoms with Gasteiger partial charge < -0.3 is 20.3 Å². The van der Waals surface area contributed by atoms with Crippen molar-refractivity contribution in [2.45, 2.75) is 43.7 Å². The van der Waals surface area contributed by atoms with E-state index in [1.807, 2.05) is 66.7 Å². The predicted molar refractivity (Wildman–Crippen MR) is 163 cm³/mol. The first-order valence-electron chi connectivity index (χ1n) is 14.0. The molecule has 5 aromatic rings. The third-order valence-electron chi connectivity index (χ3n) is 7.67. The topological polar surface area (TPSA) is 108 Å². The summed E-state index contributed by atoms with van der Waals surface area (Å²) in [5, 5.41) is 22.6. The molecule has 6 rings (SSSR count). The van der Waals surface area contributed by atoms with Gasteiger partial charge in [-0.05, 0) is 50.4 Å². The van der Waals surface area contributed by atoms with E-state index in [2.05, 4.69) is 58.8 Å². The van der Waals surface area contributed by atoms with Crippen molar-refractivity contribution in [2.24, 2.45) is 11.7 Å². The second-order valence-corrected chi connectivity index (χ2v) is 11.3. The number of nitrogens with two attached hydrogens (primary N) is 1. The normalized spacial score (nSPS) is 20.5. The Kier molecular flexibility index (Phi) is 8.73.